The number of hydrogen-bond acceptors (Lipinski definition) is 3. The highest BCUT2D eigenvalue weighted by Gasteiger charge is 2.42. The molecule has 5 nitrogen and oxygen atoms in total. The summed E-state index contributed by atoms with van der Waals surface area (Å²) in [6, 6.07) is 9.92. The zero-order valence-electron chi connectivity index (χ0n) is 15.1. The number of ether oxygens (including phenoxy) is 1. The number of nitrogens with zero attached hydrogens (tertiary/aromatic N) is 2. The Labute approximate surface area is 149 Å². The fraction of sp³-hybridized carbons (Fsp3) is 0.600. The molecule has 0 aliphatic carbocycles. The molecule has 1 aromatic carbocycles. The van der Waals surface area contributed by atoms with Crippen molar-refractivity contribution < 1.29 is 14.3 Å². The first-order chi connectivity index (χ1) is 12.1. The number of piperidine rings is 2. The van der Waals surface area contributed by atoms with Crippen LogP contribution in [-0.2, 0) is 20.7 Å². The Morgan fingerprint density at radius 1 is 1.20 bits per heavy atom. The number of hydrogen-bond donors (Lipinski definition) is 0. The van der Waals surface area contributed by atoms with Crippen LogP contribution >= 0.6 is 0 Å². The maximum absolute atomic E-state index is 12.7. The van der Waals surface area contributed by atoms with Gasteiger partial charge in [0.2, 0.25) is 11.8 Å². The molecule has 5 heteroatoms. The van der Waals surface area contributed by atoms with Crippen LogP contribution in [0.4, 0.5) is 0 Å². The summed E-state index contributed by atoms with van der Waals surface area (Å²) in [6.07, 6.45) is 4.06. The Hall–Kier alpha value is -1.88. The SMILES string of the molecule is COCCN1C[C@@]2(CCCN(C(=O)Cc3ccccc3)C2)CCC1=O. The average Bonchev–Trinajstić information content (AvgIpc) is 2.64. The highest BCUT2D eigenvalue weighted by molar-refractivity contribution is 5.79. The first kappa shape index (κ1) is 17.9. The van der Waals surface area contributed by atoms with Gasteiger partial charge in [-0.2, -0.15) is 0 Å². The zero-order valence-corrected chi connectivity index (χ0v) is 15.1. The number of rotatable bonds is 5. The minimum absolute atomic E-state index is 0.0618. The van der Waals surface area contributed by atoms with Crippen LogP contribution in [0.3, 0.4) is 0 Å². The van der Waals surface area contributed by atoms with Crippen molar-refractivity contribution in [2.75, 3.05) is 39.9 Å². The van der Waals surface area contributed by atoms with Crippen LogP contribution in [0.15, 0.2) is 30.3 Å². The molecule has 0 N–H and O–H groups in total. The van der Waals surface area contributed by atoms with E-state index in [0.29, 0.717) is 26.0 Å². The van der Waals surface area contributed by atoms with Crippen LogP contribution in [-0.4, -0.2) is 61.5 Å². The lowest BCUT2D eigenvalue weighted by Crippen LogP contribution is -2.55. The van der Waals surface area contributed by atoms with E-state index in [1.54, 1.807) is 7.11 Å². The van der Waals surface area contributed by atoms with E-state index in [-0.39, 0.29) is 17.2 Å². The second kappa shape index (κ2) is 8.00. The Bertz CT molecular complexity index is 604. The Morgan fingerprint density at radius 3 is 2.76 bits per heavy atom. The minimum atomic E-state index is 0.0618. The lowest BCUT2D eigenvalue weighted by molar-refractivity contribution is -0.143. The summed E-state index contributed by atoms with van der Waals surface area (Å²) in [5.41, 5.74) is 1.12. The fourth-order valence-corrected chi connectivity index (χ4v) is 4.14. The second-order valence-electron chi connectivity index (χ2n) is 7.39. The van der Waals surface area contributed by atoms with Crippen molar-refractivity contribution >= 4 is 11.8 Å². The third-order valence-corrected chi connectivity index (χ3v) is 5.53. The molecule has 1 atom stereocenters. The smallest absolute Gasteiger partial charge is 0.227 e. The van der Waals surface area contributed by atoms with Crippen molar-refractivity contribution in [3.63, 3.8) is 0 Å². The first-order valence-electron chi connectivity index (χ1n) is 9.20. The van der Waals surface area contributed by atoms with Gasteiger partial charge in [0.25, 0.3) is 0 Å². The van der Waals surface area contributed by atoms with Gasteiger partial charge in [0, 0.05) is 45.1 Å². The molecular weight excluding hydrogens is 316 g/mol. The van der Waals surface area contributed by atoms with E-state index in [2.05, 4.69) is 0 Å². The Balaban J connectivity index is 1.63. The largest absolute Gasteiger partial charge is 0.383 e. The molecule has 25 heavy (non-hydrogen) atoms. The lowest BCUT2D eigenvalue weighted by Gasteiger charge is -2.48. The molecule has 136 valence electrons. The van der Waals surface area contributed by atoms with Crippen molar-refractivity contribution in [3.8, 4) is 0 Å². The minimum Gasteiger partial charge on any atom is -0.383 e. The van der Waals surface area contributed by atoms with Gasteiger partial charge in [-0.05, 0) is 24.8 Å². The normalized spacial score (nSPS) is 24.0. The van der Waals surface area contributed by atoms with Crippen molar-refractivity contribution in [2.45, 2.75) is 32.1 Å². The van der Waals surface area contributed by atoms with Gasteiger partial charge in [-0.25, -0.2) is 0 Å². The maximum Gasteiger partial charge on any atom is 0.227 e. The molecule has 2 amide bonds. The third-order valence-electron chi connectivity index (χ3n) is 5.53. The molecule has 3 rings (SSSR count). The van der Waals surface area contributed by atoms with Crippen LogP contribution in [0.5, 0.6) is 0 Å². The predicted octanol–water partition coefficient (Wildman–Crippen LogP) is 2.11. The van der Waals surface area contributed by atoms with E-state index < -0.39 is 0 Å². The summed E-state index contributed by atoms with van der Waals surface area (Å²) in [5.74, 6) is 0.418. The quantitative estimate of drug-likeness (QED) is 0.822. The van der Waals surface area contributed by atoms with Gasteiger partial charge in [-0.3, -0.25) is 9.59 Å². The van der Waals surface area contributed by atoms with E-state index in [1.165, 1.54) is 0 Å². The molecule has 1 aromatic rings. The fourth-order valence-electron chi connectivity index (χ4n) is 4.14. The van der Waals surface area contributed by atoms with E-state index >= 15 is 0 Å². The maximum atomic E-state index is 12.7. The lowest BCUT2D eigenvalue weighted by atomic mass is 9.73. The molecule has 0 saturated carbocycles. The highest BCUT2D eigenvalue weighted by Crippen LogP contribution is 2.39. The molecule has 2 fully saturated rings. The number of benzene rings is 1. The number of amides is 2. The molecule has 0 aromatic heterocycles. The molecule has 2 heterocycles. The number of carbonyl (C=O) groups is 2. The van der Waals surface area contributed by atoms with Crippen LogP contribution in [0.25, 0.3) is 0 Å². The first-order valence-corrected chi connectivity index (χ1v) is 9.20. The molecule has 1 spiro atoms. The van der Waals surface area contributed by atoms with Crippen molar-refractivity contribution in [1.82, 2.24) is 9.80 Å². The van der Waals surface area contributed by atoms with Gasteiger partial charge in [-0.1, -0.05) is 30.3 Å². The summed E-state index contributed by atoms with van der Waals surface area (Å²) in [5, 5.41) is 0. The molecule has 0 radical (unpaired) electrons. The topological polar surface area (TPSA) is 49.9 Å². The molecule has 0 unspecified atom stereocenters. The Morgan fingerprint density at radius 2 is 2.00 bits per heavy atom. The van der Waals surface area contributed by atoms with Crippen LogP contribution < -0.4 is 0 Å². The summed E-state index contributed by atoms with van der Waals surface area (Å²) in [4.78, 5) is 28.9. The van der Waals surface area contributed by atoms with Gasteiger partial charge in [0.1, 0.15) is 0 Å². The number of methoxy groups -OCH3 is 1. The summed E-state index contributed by atoms with van der Waals surface area (Å²) in [7, 11) is 1.66. The zero-order chi connectivity index (χ0) is 17.7. The predicted molar refractivity (Wildman–Crippen MR) is 96.1 cm³/mol. The molecule has 0 bridgehead atoms. The number of likely N-dealkylation sites (tertiary alicyclic amines) is 2. The monoisotopic (exact) mass is 344 g/mol. The van der Waals surface area contributed by atoms with Gasteiger partial charge >= 0.3 is 0 Å². The third kappa shape index (κ3) is 4.40. The van der Waals surface area contributed by atoms with Crippen molar-refractivity contribution in [2.24, 2.45) is 5.41 Å². The van der Waals surface area contributed by atoms with Gasteiger partial charge in [-0.15, -0.1) is 0 Å². The number of carbonyl (C=O) groups excluding carboxylic acids is 2. The van der Waals surface area contributed by atoms with E-state index in [1.807, 2.05) is 40.1 Å². The summed E-state index contributed by atoms with van der Waals surface area (Å²) >= 11 is 0. The van der Waals surface area contributed by atoms with E-state index in [9.17, 15) is 9.59 Å². The van der Waals surface area contributed by atoms with Gasteiger partial charge in [0.05, 0.1) is 13.0 Å². The average molecular weight is 344 g/mol. The second-order valence-corrected chi connectivity index (χ2v) is 7.39. The van der Waals surface area contributed by atoms with Gasteiger partial charge in [0.15, 0.2) is 0 Å². The molecule has 2 saturated heterocycles. The van der Waals surface area contributed by atoms with Crippen LogP contribution in [0.2, 0.25) is 0 Å². The van der Waals surface area contributed by atoms with E-state index in [4.69, 9.17) is 4.74 Å². The van der Waals surface area contributed by atoms with Crippen molar-refractivity contribution in [1.29, 1.82) is 0 Å². The molecule has 2 aliphatic rings. The standard InChI is InChI=1S/C20H28N2O3/c1-25-13-12-22-16-20(10-8-18(22)23)9-5-11-21(15-20)19(24)14-17-6-3-2-4-7-17/h2-4,6-7H,5,8-16H2,1H3/t20-/m0/s1. The molecular formula is C20H28N2O3. The summed E-state index contributed by atoms with van der Waals surface area (Å²) < 4.78 is 5.14. The molecule has 2 aliphatic heterocycles. The highest BCUT2D eigenvalue weighted by atomic mass is 16.5. The van der Waals surface area contributed by atoms with Crippen molar-refractivity contribution in [3.05, 3.63) is 35.9 Å². The van der Waals surface area contributed by atoms with Crippen LogP contribution in [0.1, 0.15) is 31.2 Å². The Kier molecular flexibility index (Phi) is 5.74. The van der Waals surface area contributed by atoms with E-state index in [0.717, 1.165) is 44.5 Å². The van der Waals surface area contributed by atoms with Crippen LogP contribution in [0, 0.1) is 5.41 Å². The van der Waals surface area contributed by atoms with Gasteiger partial charge < -0.3 is 14.5 Å². The summed E-state index contributed by atoms with van der Waals surface area (Å²) in [6.45, 7) is 3.58.